The van der Waals surface area contributed by atoms with Gasteiger partial charge in [-0.15, -0.1) is 21.5 Å². The van der Waals surface area contributed by atoms with Gasteiger partial charge >= 0.3 is 0 Å². The number of aromatic nitrogens is 4. The third-order valence-electron chi connectivity index (χ3n) is 3.61. The average molecular weight is 452 g/mol. The molecule has 0 spiro atoms. The molecule has 12 heteroatoms. The van der Waals surface area contributed by atoms with Gasteiger partial charge in [0.1, 0.15) is 0 Å². The van der Waals surface area contributed by atoms with E-state index in [0.717, 1.165) is 16.3 Å². The fourth-order valence-electron chi connectivity index (χ4n) is 2.44. The number of hydrogen-bond donors (Lipinski definition) is 1. The third-order valence-corrected chi connectivity index (χ3v) is 7.64. The lowest BCUT2D eigenvalue weighted by Crippen LogP contribution is -2.13. The summed E-state index contributed by atoms with van der Waals surface area (Å²) in [6.07, 6.45) is 2.61. The SMILES string of the molecule is CS(=O)(=O)c1nc(C(=O)Nc2nnc(SCc3cccs3)s2)c2ccccn12. The summed E-state index contributed by atoms with van der Waals surface area (Å²) >= 11 is 4.46. The highest BCUT2D eigenvalue weighted by Gasteiger charge is 2.23. The lowest BCUT2D eigenvalue weighted by atomic mass is 10.3. The number of fused-ring (bicyclic) bond motifs is 1. The van der Waals surface area contributed by atoms with E-state index in [4.69, 9.17) is 0 Å². The number of pyridine rings is 1. The van der Waals surface area contributed by atoms with Gasteiger partial charge in [-0.1, -0.05) is 35.2 Å². The number of amides is 1. The maximum absolute atomic E-state index is 12.7. The molecule has 4 aromatic rings. The third kappa shape index (κ3) is 3.94. The van der Waals surface area contributed by atoms with Gasteiger partial charge in [0.15, 0.2) is 10.0 Å². The molecule has 0 unspecified atom stereocenters. The Morgan fingerprint density at radius 3 is 2.86 bits per heavy atom. The number of sulfone groups is 1. The number of imidazole rings is 1. The zero-order valence-electron chi connectivity index (χ0n) is 14.4. The molecule has 144 valence electrons. The highest BCUT2D eigenvalue weighted by Crippen LogP contribution is 2.30. The van der Waals surface area contributed by atoms with Crippen LogP contribution in [0.1, 0.15) is 15.4 Å². The van der Waals surface area contributed by atoms with E-state index in [0.29, 0.717) is 10.6 Å². The lowest BCUT2D eigenvalue weighted by Gasteiger charge is -1.98. The van der Waals surface area contributed by atoms with Gasteiger partial charge in [0.05, 0.1) is 5.52 Å². The van der Waals surface area contributed by atoms with E-state index in [2.05, 4.69) is 20.5 Å². The minimum Gasteiger partial charge on any atom is -0.295 e. The van der Waals surface area contributed by atoms with Crippen molar-refractivity contribution in [3.8, 4) is 0 Å². The number of thioether (sulfide) groups is 1. The van der Waals surface area contributed by atoms with Crippen LogP contribution in [-0.2, 0) is 15.6 Å². The van der Waals surface area contributed by atoms with Crippen LogP contribution in [0, 0.1) is 0 Å². The second-order valence-electron chi connectivity index (χ2n) is 5.67. The molecule has 1 amide bonds. The fourth-order valence-corrected chi connectivity index (χ4v) is 5.73. The van der Waals surface area contributed by atoms with Gasteiger partial charge in [-0.3, -0.25) is 14.5 Å². The van der Waals surface area contributed by atoms with Gasteiger partial charge in [0.25, 0.3) is 5.91 Å². The Morgan fingerprint density at radius 1 is 1.25 bits per heavy atom. The van der Waals surface area contributed by atoms with Crippen LogP contribution in [0.3, 0.4) is 0 Å². The Hall–Kier alpha value is -2.28. The number of rotatable bonds is 6. The van der Waals surface area contributed by atoms with E-state index in [9.17, 15) is 13.2 Å². The molecule has 4 aromatic heterocycles. The monoisotopic (exact) mass is 451 g/mol. The highest BCUT2D eigenvalue weighted by atomic mass is 32.2. The topological polar surface area (TPSA) is 106 Å². The molecular formula is C16H13N5O3S4. The van der Waals surface area contributed by atoms with Crippen LogP contribution >= 0.6 is 34.4 Å². The second kappa shape index (κ2) is 7.62. The number of thiophene rings is 1. The van der Waals surface area contributed by atoms with Crippen molar-refractivity contribution in [3.63, 3.8) is 0 Å². The molecule has 0 radical (unpaired) electrons. The Kier molecular flexibility index (Phi) is 5.19. The van der Waals surface area contributed by atoms with Crippen molar-refractivity contribution in [2.24, 2.45) is 0 Å². The molecule has 0 saturated carbocycles. The quantitative estimate of drug-likeness (QED) is 0.354. The first-order valence-corrected chi connectivity index (χ1v) is 12.5. The van der Waals surface area contributed by atoms with Gasteiger partial charge in [-0.2, -0.15) is 0 Å². The number of nitrogens with zero attached hydrogens (tertiary/aromatic N) is 4. The van der Waals surface area contributed by atoms with Gasteiger partial charge in [0, 0.05) is 23.1 Å². The first-order chi connectivity index (χ1) is 13.4. The highest BCUT2D eigenvalue weighted by molar-refractivity contribution is 8.00. The van der Waals surface area contributed by atoms with Gasteiger partial charge in [-0.25, -0.2) is 13.4 Å². The van der Waals surface area contributed by atoms with Crippen molar-refractivity contribution in [1.82, 2.24) is 19.6 Å². The zero-order valence-corrected chi connectivity index (χ0v) is 17.7. The summed E-state index contributed by atoms with van der Waals surface area (Å²) in [4.78, 5) is 17.9. The number of carbonyl (C=O) groups excluding carboxylic acids is 1. The molecule has 1 N–H and O–H groups in total. The predicted octanol–water partition coefficient (Wildman–Crippen LogP) is 3.20. The molecule has 28 heavy (non-hydrogen) atoms. The Balaban J connectivity index is 1.54. The van der Waals surface area contributed by atoms with Crippen LogP contribution < -0.4 is 5.32 Å². The molecule has 4 rings (SSSR count). The molecule has 8 nitrogen and oxygen atoms in total. The van der Waals surface area contributed by atoms with Crippen molar-refractivity contribution in [2.45, 2.75) is 15.2 Å². The van der Waals surface area contributed by atoms with Crippen LogP contribution in [0.2, 0.25) is 0 Å². The smallest absolute Gasteiger partial charge is 0.278 e. The maximum Gasteiger partial charge on any atom is 0.278 e. The summed E-state index contributed by atoms with van der Waals surface area (Å²) in [6.45, 7) is 0. The molecule has 0 bridgehead atoms. The molecule has 0 atom stereocenters. The minimum atomic E-state index is -3.60. The van der Waals surface area contributed by atoms with E-state index in [1.165, 1.54) is 32.4 Å². The lowest BCUT2D eigenvalue weighted by molar-refractivity contribution is 0.102. The van der Waals surface area contributed by atoms with Crippen molar-refractivity contribution in [1.29, 1.82) is 0 Å². The molecule has 4 heterocycles. The van der Waals surface area contributed by atoms with Crippen LogP contribution in [-0.4, -0.2) is 40.2 Å². The van der Waals surface area contributed by atoms with Crippen molar-refractivity contribution >= 4 is 60.8 Å². The largest absolute Gasteiger partial charge is 0.295 e. The maximum atomic E-state index is 12.7. The molecular weight excluding hydrogens is 438 g/mol. The summed E-state index contributed by atoms with van der Waals surface area (Å²) < 4.78 is 26.1. The summed E-state index contributed by atoms with van der Waals surface area (Å²) in [6, 6.07) is 9.06. The molecule has 0 aliphatic heterocycles. The first-order valence-electron chi connectivity index (χ1n) is 7.89. The summed E-state index contributed by atoms with van der Waals surface area (Å²) in [5, 5.41) is 12.9. The fraction of sp³-hybridized carbons (Fsp3) is 0.125. The van der Waals surface area contributed by atoms with Crippen LogP contribution in [0.4, 0.5) is 5.13 Å². The van der Waals surface area contributed by atoms with E-state index in [1.54, 1.807) is 35.7 Å². The summed E-state index contributed by atoms with van der Waals surface area (Å²) in [5.41, 5.74) is 0.418. The summed E-state index contributed by atoms with van der Waals surface area (Å²) in [5.74, 6) is 0.244. The Morgan fingerprint density at radius 2 is 2.11 bits per heavy atom. The normalized spacial score (nSPS) is 11.8. The molecule has 0 aliphatic carbocycles. The van der Waals surface area contributed by atoms with Gasteiger partial charge < -0.3 is 0 Å². The Labute approximate surface area is 172 Å². The molecule has 0 aromatic carbocycles. The summed E-state index contributed by atoms with van der Waals surface area (Å²) in [7, 11) is -3.60. The first kappa shape index (κ1) is 19.1. The number of anilines is 1. The van der Waals surface area contributed by atoms with E-state index in [1.807, 2.05) is 17.5 Å². The van der Waals surface area contributed by atoms with Crippen LogP contribution in [0.15, 0.2) is 51.4 Å². The Bertz CT molecular complexity index is 1240. The number of hydrogen-bond acceptors (Lipinski definition) is 9. The van der Waals surface area contributed by atoms with Crippen molar-refractivity contribution in [3.05, 3.63) is 52.5 Å². The van der Waals surface area contributed by atoms with Crippen LogP contribution in [0.25, 0.3) is 5.52 Å². The second-order valence-corrected chi connectivity index (χ2v) is 10.8. The number of nitrogens with one attached hydrogen (secondary N) is 1. The van der Waals surface area contributed by atoms with E-state index < -0.39 is 15.7 Å². The van der Waals surface area contributed by atoms with Gasteiger partial charge in [0.2, 0.25) is 20.1 Å². The average Bonchev–Trinajstić information content (AvgIpc) is 3.38. The van der Waals surface area contributed by atoms with Gasteiger partial charge in [-0.05, 0) is 23.6 Å². The van der Waals surface area contributed by atoms with Crippen molar-refractivity contribution in [2.75, 3.05) is 11.6 Å². The van der Waals surface area contributed by atoms with E-state index >= 15 is 0 Å². The number of carbonyl (C=O) groups is 1. The zero-order chi connectivity index (χ0) is 19.7. The minimum absolute atomic E-state index is 0.0176. The molecule has 0 fully saturated rings. The van der Waals surface area contributed by atoms with E-state index in [-0.39, 0.29) is 10.9 Å². The van der Waals surface area contributed by atoms with Crippen LogP contribution in [0.5, 0.6) is 0 Å². The molecule has 0 aliphatic rings. The molecule has 0 saturated heterocycles. The van der Waals surface area contributed by atoms with Crippen molar-refractivity contribution < 1.29 is 13.2 Å². The standard InChI is InChI=1S/C16H13N5O3S4/c1-28(23,24)15-17-12(11-6-2-3-7-21(11)15)13(22)18-14-19-20-16(27-14)26-9-10-5-4-8-25-10/h2-8H,9H2,1H3,(H,18,19,22). The predicted molar refractivity (Wildman–Crippen MR) is 110 cm³/mol.